The molecule has 6 nitrogen and oxygen atoms in total. The molecular weight excluding hydrogens is 268 g/mol. The number of nitrogens with zero attached hydrogens (tertiary/aromatic N) is 3. The topological polar surface area (TPSA) is 75.2 Å². The lowest BCUT2D eigenvalue weighted by Crippen LogP contribution is -2.25. The summed E-state index contributed by atoms with van der Waals surface area (Å²) in [6.07, 6.45) is 5.76. The predicted octanol–water partition coefficient (Wildman–Crippen LogP) is 1.86. The average Bonchev–Trinajstić information content (AvgIpc) is 2.95. The lowest BCUT2D eigenvalue weighted by molar-refractivity contribution is -0.117. The molecule has 6 heteroatoms. The van der Waals surface area contributed by atoms with Crippen molar-refractivity contribution in [3.8, 4) is 0 Å². The molecule has 21 heavy (non-hydrogen) atoms. The predicted molar refractivity (Wildman–Crippen MR) is 78.0 cm³/mol. The number of carbonyl (C=O) groups is 2. The van der Waals surface area contributed by atoms with E-state index in [-0.39, 0.29) is 17.5 Å². The molecule has 0 radical (unpaired) electrons. The minimum atomic E-state index is -0.345. The highest BCUT2D eigenvalue weighted by Gasteiger charge is 2.24. The third-order valence-corrected chi connectivity index (χ3v) is 3.31. The normalized spacial score (nSPS) is 14.3. The van der Waals surface area contributed by atoms with Gasteiger partial charge in [-0.3, -0.25) is 14.6 Å². The molecule has 1 aromatic carbocycles. The Morgan fingerprint density at radius 1 is 1.24 bits per heavy atom. The van der Waals surface area contributed by atoms with Crippen molar-refractivity contribution in [3.05, 3.63) is 48.5 Å². The SMILES string of the molecule is O=C(Nc1ccccc1N1CCCC1=O)c1cnccn1. The molecule has 0 spiro atoms. The monoisotopic (exact) mass is 282 g/mol. The lowest BCUT2D eigenvalue weighted by atomic mass is 10.2. The van der Waals surface area contributed by atoms with Crippen molar-refractivity contribution in [2.75, 3.05) is 16.8 Å². The number of hydrogen-bond donors (Lipinski definition) is 1. The maximum Gasteiger partial charge on any atom is 0.275 e. The number of carbonyl (C=O) groups excluding carboxylic acids is 2. The first-order chi connectivity index (χ1) is 10.3. The van der Waals surface area contributed by atoms with Crippen LogP contribution >= 0.6 is 0 Å². The molecule has 0 aliphatic carbocycles. The standard InChI is InChI=1S/C15H14N4O2/c20-14-6-3-9-19(14)13-5-2-1-4-11(13)18-15(21)12-10-16-7-8-17-12/h1-2,4-5,7-8,10H,3,6,9H2,(H,18,21). The molecule has 3 rings (SSSR count). The molecule has 0 atom stereocenters. The summed E-state index contributed by atoms with van der Waals surface area (Å²) in [5.74, 6) is -0.265. The molecule has 1 aromatic heterocycles. The van der Waals surface area contributed by atoms with Gasteiger partial charge in [0.15, 0.2) is 0 Å². The van der Waals surface area contributed by atoms with Crippen LogP contribution in [-0.2, 0) is 4.79 Å². The van der Waals surface area contributed by atoms with Crippen LogP contribution in [-0.4, -0.2) is 28.3 Å². The van der Waals surface area contributed by atoms with Gasteiger partial charge < -0.3 is 10.2 Å². The van der Waals surface area contributed by atoms with Gasteiger partial charge in [-0.2, -0.15) is 0 Å². The van der Waals surface area contributed by atoms with Gasteiger partial charge in [-0.1, -0.05) is 12.1 Å². The van der Waals surface area contributed by atoms with Crippen LogP contribution in [0.1, 0.15) is 23.3 Å². The van der Waals surface area contributed by atoms with E-state index >= 15 is 0 Å². The van der Waals surface area contributed by atoms with Crippen molar-refractivity contribution in [3.63, 3.8) is 0 Å². The summed E-state index contributed by atoms with van der Waals surface area (Å²) in [6, 6.07) is 7.26. The van der Waals surface area contributed by atoms with Gasteiger partial charge in [-0.25, -0.2) is 4.98 Å². The van der Waals surface area contributed by atoms with Crippen LogP contribution < -0.4 is 10.2 Å². The second kappa shape index (κ2) is 5.70. The zero-order chi connectivity index (χ0) is 14.7. The van der Waals surface area contributed by atoms with E-state index in [2.05, 4.69) is 15.3 Å². The van der Waals surface area contributed by atoms with E-state index in [0.29, 0.717) is 18.7 Å². The molecule has 106 valence electrons. The Balaban J connectivity index is 1.86. The van der Waals surface area contributed by atoms with E-state index < -0.39 is 0 Å². The number of hydrogen-bond acceptors (Lipinski definition) is 4. The minimum Gasteiger partial charge on any atom is -0.319 e. The van der Waals surface area contributed by atoms with Crippen molar-refractivity contribution in [1.29, 1.82) is 0 Å². The molecule has 1 fully saturated rings. The highest BCUT2D eigenvalue weighted by Crippen LogP contribution is 2.29. The number of rotatable bonds is 3. The molecule has 0 saturated carbocycles. The maximum absolute atomic E-state index is 12.1. The van der Waals surface area contributed by atoms with Crippen molar-refractivity contribution < 1.29 is 9.59 Å². The number of para-hydroxylation sites is 2. The Morgan fingerprint density at radius 3 is 2.81 bits per heavy atom. The van der Waals surface area contributed by atoms with Gasteiger partial charge in [0.05, 0.1) is 17.6 Å². The number of nitrogens with one attached hydrogen (secondary N) is 1. The molecule has 2 aromatic rings. The lowest BCUT2D eigenvalue weighted by Gasteiger charge is -2.19. The van der Waals surface area contributed by atoms with Gasteiger partial charge in [-0.15, -0.1) is 0 Å². The molecule has 1 aliphatic heterocycles. The highest BCUT2D eigenvalue weighted by molar-refractivity contribution is 6.06. The summed E-state index contributed by atoms with van der Waals surface area (Å²) >= 11 is 0. The van der Waals surface area contributed by atoms with Crippen LogP contribution in [0.4, 0.5) is 11.4 Å². The first-order valence-electron chi connectivity index (χ1n) is 6.72. The van der Waals surface area contributed by atoms with Crippen LogP contribution in [0.15, 0.2) is 42.9 Å². The number of aromatic nitrogens is 2. The van der Waals surface area contributed by atoms with Gasteiger partial charge in [0.25, 0.3) is 5.91 Å². The molecule has 1 aliphatic rings. The van der Waals surface area contributed by atoms with E-state index in [0.717, 1.165) is 12.1 Å². The summed E-state index contributed by atoms with van der Waals surface area (Å²) in [4.78, 5) is 33.6. The van der Waals surface area contributed by atoms with Gasteiger partial charge in [0, 0.05) is 25.4 Å². The van der Waals surface area contributed by atoms with Crippen LogP contribution in [0.5, 0.6) is 0 Å². The molecule has 0 bridgehead atoms. The maximum atomic E-state index is 12.1. The van der Waals surface area contributed by atoms with E-state index in [1.807, 2.05) is 18.2 Å². The zero-order valence-electron chi connectivity index (χ0n) is 11.3. The minimum absolute atomic E-state index is 0.0798. The van der Waals surface area contributed by atoms with Gasteiger partial charge >= 0.3 is 0 Å². The first kappa shape index (κ1) is 13.2. The van der Waals surface area contributed by atoms with Crippen LogP contribution in [0.25, 0.3) is 0 Å². The zero-order valence-corrected chi connectivity index (χ0v) is 11.3. The third kappa shape index (κ3) is 2.74. The Hall–Kier alpha value is -2.76. The quantitative estimate of drug-likeness (QED) is 0.932. The van der Waals surface area contributed by atoms with Crippen molar-refractivity contribution >= 4 is 23.2 Å². The van der Waals surface area contributed by atoms with Crippen molar-refractivity contribution in [1.82, 2.24) is 9.97 Å². The smallest absolute Gasteiger partial charge is 0.275 e. The fourth-order valence-electron chi connectivity index (χ4n) is 2.32. The number of amides is 2. The van der Waals surface area contributed by atoms with Crippen molar-refractivity contribution in [2.45, 2.75) is 12.8 Å². The van der Waals surface area contributed by atoms with Gasteiger partial charge in [0.2, 0.25) is 5.91 Å². The Kier molecular flexibility index (Phi) is 3.59. The third-order valence-electron chi connectivity index (χ3n) is 3.31. The Labute approximate surface area is 121 Å². The summed E-state index contributed by atoms with van der Waals surface area (Å²) in [5, 5.41) is 2.79. The highest BCUT2D eigenvalue weighted by atomic mass is 16.2. The summed E-state index contributed by atoms with van der Waals surface area (Å²) in [7, 11) is 0. The molecule has 1 N–H and O–H groups in total. The average molecular weight is 282 g/mol. The van der Waals surface area contributed by atoms with Crippen LogP contribution in [0, 0.1) is 0 Å². The summed E-state index contributed by atoms with van der Waals surface area (Å²) in [6.45, 7) is 0.677. The van der Waals surface area contributed by atoms with E-state index in [1.54, 1.807) is 11.0 Å². The molecule has 2 amide bonds. The fourth-order valence-corrected chi connectivity index (χ4v) is 2.32. The van der Waals surface area contributed by atoms with Crippen LogP contribution in [0.3, 0.4) is 0 Å². The molecular formula is C15H14N4O2. The van der Waals surface area contributed by atoms with Gasteiger partial charge in [-0.05, 0) is 18.6 Å². The van der Waals surface area contributed by atoms with E-state index in [4.69, 9.17) is 0 Å². The second-order valence-electron chi connectivity index (χ2n) is 4.71. The Morgan fingerprint density at radius 2 is 2.10 bits per heavy atom. The summed E-state index contributed by atoms with van der Waals surface area (Å²) in [5.41, 5.74) is 1.56. The van der Waals surface area contributed by atoms with E-state index in [9.17, 15) is 9.59 Å². The van der Waals surface area contributed by atoms with E-state index in [1.165, 1.54) is 18.6 Å². The number of benzene rings is 1. The second-order valence-corrected chi connectivity index (χ2v) is 4.71. The Bertz CT molecular complexity index is 672. The molecule has 2 heterocycles. The van der Waals surface area contributed by atoms with Crippen LogP contribution in [0.2, 0.25) is 0 Å². The molecule has 1 saturated heterocycles. The summed E-state index contributed by atoms with van der Waals surface area (Å²) < 4.78 is 0. The fraction of sp³-hybridized carbons (Fsp3) is 0.200. The molecule has 0 unspecified atom stereocenters. The largest absolute Gasteiger partial charge is 0.319 e. The van der Waals surface area contributed by atoms with Crippen molar-refractivity contribution in [2.24, 2.45) is 0 Å². The first-order valence-corrected chi connectivity index (χ1v) is 6.72. The van der Waals surface area contributed by atoms with Gasteiger partial charge in [0.1, 0.15) is 5.69 Å². The number of anilines is 2.